The standard InChI is InChI=1S/C18H25BrN2O/c19-16-7-3-5-14(11-16)12-21-10-4-6-15(13-21)18(22)20-17-8-1-2-9-17/h3,5,7,11,15,17H,1-2,4,6,8-10,12-13H2,(H,20,22). The van der Waals surface area contributed by atoms with Crippen LogP contribution in [0, 0.1) is 5.92 Å². The molecule has 22 heavy (non-hydrogen) atoms. The second-order valence-corrected chi connectivity index (χ2v) is 7.61. The maximum Gasteiger partial charge on any atom is 0.224 e. The molecule has 1 saturated carbocycles. The number of likely N-dealkylation sites (tertiary alicyclic amines) is 1. The Labute approximate surface area is 141 Å². The van der Waals surface area contributed by atoms with Gasteiger partial charge in [0.1, 0.15) is 0 Å². The zero-order valence-electron chi connectivity index (χ0n) is 13.1. The minimum atomic E-state index is 0.168. The number of halogens is 1. The first-order chi connectivity index (χ1) is 10.7. The fourth-order valence-electron chi connectivity index (χ4n) is 3.70. The van der Waals surface area contributed by atoms with Crippen LogP contribution >= 0.6 is 15.9 Å². The quantitative estimate of drug-likeness (QED) is 0.882. The average Bonchev–Trinajstić information content (AvgIpc) is 3.00. The predicted molar refractivity (Wildman–Crippen MR) is 92.5 cm³/mol. The van der Waals surface area contributed by atoms with Crippen LogP contribution in [-0.4, -0.2) is 29.9 Å². The first-order valence-electron chi connectivity index (χ1n) is 8.48. The second kappa shape index (κ2) is 7.60. The Hall–Kier alpha value is -0.870. The molecule has 0 bridgehead atoms. The van der Waals surface area contributed by atoms with Gasteiger partial charge in [-0.1, -0.05) is 40.9 Å². The van der Waals surface area contributed by atoms with Gasteiger partial charge in [-0.2, -0.15) is 0 Å². The molecule has 2 aliphatic rings. The lowest BCUT2D eigenvalue weighted by atomic mass is 9.96. The van der Waals surface area contributed by atoms with E-state index in [-0.39, 0.29) is 11.8 Å². The lowest BCUT2D eigenvalue weighted by Crippen LogP contribution is -2.45. The van der Waals surface area contributed by atoms with Crippen molar-refractivity contribution in [3.63, 3.8) is 0 Å². The van der Waals surface area contributed by atoms with Crippen LogP contribution in [0.15, 0.2) is 28.7 Å². The predicted octanol–water partition coefficient (Wildman–Crippen LogP) is 3.72. The summed E-state index contributed by atoms with van der Waals surface area (Å²) in [6.07, 6.45) is 7.03. The molecule has 1 unspecified atom stereocenters. The summed E-state index contributed by atoms with van der Waals surface area (Å²) in [6.45, 7) is 2.93. The normalized spacial score (nSPS) is 23.6. The Kier molecular flexibility index (Phi) is 5.53. The Morgan fingerprint density at radius 3 is 2.82 bits per heavy atom. The number of amides is 1. The number of benzene rings is 1. The molecule has 4 heteroatoms. The van der Waals surface area contributed by atoms with Crippen LogP contribution in [0.3, 0.4) is 0 Å². The lowest BCUT2D eigenvalue weighted by Gasteiger charge is -2.32. The van der Waals surface area contributed by atoms with Crippen LogP contribution in [0.25, 0.3) is 0 Å². The van der Waals surface area contributed by atoms with E-state index >= 15 is 0 Å². The lowest BCUT2D eigenvalue weighted by molar-refractivity contribution is -0.127. The van der Waals surface area contributed by atoms with Crippen molar-refractivity contribution in [1.82, 2.24) is 10.2 Å². The van der Waals surface area contributed by atoms with Crippen molar-refractivity contribution in [3.05, 3.63) is 34.3 Å². The number of carbonyl (C=O) groups excluding carboxylic acids is 1. The van der Waals surface area contributed by atoms with Gasteiger partial charge in [-0.15, -0.1) is 0 Å². The maximum absolute atomic E-state index is 12.5. The van der Waals surface area contributed by atoms with Gasteiger partial charge in [0, 0.05) is 23.6 Å². The SMILES string of the molecule is O=C(NC1CCCC1)C1CCCN(Cc2cccc(Br)c2)C1. The number of nitrogens with one attached hydrogen (secondary N) is 1. The molecular formula is C18H25BrN2O. The van der Waals surface area contributed by atoms with Crippen LogP contribution in [0.2, 0.25) is 0 Å². The molecule has 1 aliphatic carbocycles. The van der Waals surface area contributed by atoms with Gasteiger partial charge >= 0.3 is 0 Å². The van der Waals surface area contributed by atoms with E-state index in [1.54, 1.807) is 0 Å². The van der Waals surface area contributed by atoms with E-state index in [1.807, 2.05) is 0 Å². The van der Waals surface area contributed by atoms with Gasteiger partial charge in [0.25, 0.3) is 0 Å². The van der Waals surface area contributed by atoms with Gasteiger partial charge in [-0.05, 0) is 49.9 Å². The Balaban J connectivity index is 1.53. The number of carbonyl (C=O) groups is 1. The molecule has 0 aromatic heterocycles. The maximum atomic E-state index is 12.5. The van der Waals surface area contributed by atoms with E-state index in [4.69, 9.17) is 0 Å². The Bertz CT molecular complexity index is 514. The first-order valence-corrected chi connectivity index (χ1v) is 9.27. The topological polar surface area (TPSA) is 32.3 Å². The van der Waals surface area contributed by atoms with E-state index in [0.29, 0.717) is 6.04 Å². The summed E-state index contributed by atoms with van der Waals surface area (Å²) in [5.74, 6) is 0.451. The van der Waals surface area contributed by atoms with Crippen molar-refractivity contribution in [2.45, 2.75) is 51.1 Å². The van der Waals surface area contributed by atoms with Crippen molar-refractivity contribution in [2.75, 3.05) is 13.1 Å². The molecule has 1 saturated heterocycles. The molecule has 1 N–H and O–H groups in total. The average molecular weight is 365 g/mol. The van der Waals surface area contributed by atoms with Gasteiger partial charge in [-0.25, -0.2) is 0 Å². The van der Waals surface area contributed by atoms with E-state index in [9.17, 15) is 4.79 Å². The molecule has 1 aliphatic heterocycles. The molecule has 2 fully saturated rings. The largest absolute Gasteiger partial charge is 0.353 e. The van der Waals surface area contributed by atoms with Gasteiger partial charge < -0.3 is 5.32 Å². The third-order valence-corrected chi connectivity index (χ3v) is 5.37. The monoisotopic (exact) mass is 364 g/mol. The summed E-state index contributed by atoms with van der Waals surface area (Å²) in [5.41, 5.74) is 1.31. The minimum absolute atomic E-state index is 0.168. The summed E-state index contributed by atoms with van der Waals surface area (Å²) in [5, 5.41) is 3.27. The minimum Gasteiger partial charge on any atom is -0.353 e. The van der Waals surface area contributed by atoms with Crippen molar-refractivity contribution in [3.8, 4) is 0 Å². The zero-order valence-corrected chi connectivity index (χ0v) is 14.6. The fourth-order valence-corrected chi connectivity index (χ4v) is 4.14. The second-order valence-electron chi connectivity index (χ2n) is 6.69. The van der Waals surface area contributed by atoms with Gasteiger partial charge in [0.15, 0.2) is 0 Å². The molecule has 1 aromatic rings. The molecule has 1 amide bonds. The van der Waals surface area contributed by atoms with E-state index in [0.717, 1.165) is 36.9 Å². The molecular weight excluding hydrogens is 340 g/mol. The van der Waals surface area contributed by atoms with Crippen LogP contribution < -0.4 is 5.32 Å². The summed E-state index contributed by atoms with van der Waals surface area (Å²) in [4.78, 5) is 14.9. The summed E-state index contributed by atoms with van der Waals surface area (Å²) < 4.78 is 1.12. The highest BCUT2D eigenvalue weighted by molar-refractivity contribution is 9.10. The fraction of sp³-hybridized carbons (Fsp3) is 0.611. The molecule has 1 aromatic carbocycles. The molecule has 3 nitrogen and oxygen atoms in total. The zero-order chi connectivity index (χ0) is 15.4. The third-order valence-electron chi connectivity index (χ3n) is 4.87. The van der Waals surface area contributed by atoms with Crippen molar-refractivity contribution in [1.29, 1.82) is 0 Å². The molecule has 1 atom stereocenters. The summed E-state index contributed by atoms with van der Waals surface area (Å²) >= 11 is 3.53. The highest BCUT2D eigenvalue weighted by Crippen LogP contribution is 2.22. The van der Waals surface area contributed by atoms with Gasteiger partial charge in [0.2, 0.25) is 5.91 Å². The van der Waals surface area contributed by atoms with Crippen molar-refractivity contribution >= 4 is 21.8 Å². The number of rotatable bonds is 4. The third kappa shape index (κ3) is 4.32. The molecule has 3 rings (SSSR count). The van der Waals surface area contributed by atoms with E-state index in [2.05, 4.69) is 50.4 Å². The Morgan fingerprint density at radius 2 is 2.05 bits per heavy atom. The number of piperidine rings is 1. The molecule has 120 valence electrons. The summed E-state index contributed by atoms with van der Waals surface area (Å²) in [6, 6.07) is 8.90. The number of hydrogen-bond donors (Lipinski definition) is 1. The smallest absolute Gasteiger partial charge is 0.224 e. The molecule has 1 heterocycles. The number of hydrogen-bond acceptors (Lipinski definition) is 2. The van der Waals surface area contributed by atoms with E-state index in [1.165, 1.54) is 31.2 Å². The highest BCUT2D eigenvalue weighted by Gasteiger charge is 2.28. The Morgan fingerprint density at radius 1 is 1.23 bits per heavy atom. The van der Waals surface area contributed by atoms with Crippen molar-refractivity contribution in [2.24, 2.45) is 5.92 Å². The van der Waals surface area contributed by atoms with Crippen molar-refractivity contribution < 1.29 is 4.79 Å². The van der Waals surface area contributed by atoms with Crippen LogP contribution in [0.1, 0.15) is 44.1 Å². The van der Waals surface area contributed by atoms with E-state index < -0.39 is 0 Å². The molecule has 0 radical (unpaired) electrons. The highest BCUT2D eigenvalue weighted by atomic mass is 79.9. The summed E-state index contributed by atoms with van der Waals surface area (Å²) in [7, 11) is 0. The number of nitrogens with zero attached hydrogens (tertiary/aromatic N) is 1. The van der Waals surface area contributed by atoms with Crippen LogP contribution in [-0.2, 0) is 11.3 Å². The molecule has 0 spiro atoms. The van der Waals surface area contributed by atoms with Crippen LogP contribution in [0.4, 0.5) is 0 Å². The van der Waals surface area contributed by atoms with Crippen LogP contribution in [0.5, 0.6) is 0 Å². The first kappa shape index (κ1) is 16.0. The van der Waals surface area contributed by atoms with Gasteiger partial charge in [-0.3, -0.25) is 9.69 Å². The van der Waals surface area contributed by atoms with Gasteiger partial charge in [0.05, 0.1) is 5.92 Å².